The van der Waals surface area contributed by atoms with Crippen LogP contribution in [0.2, 0.25) is 0 Å². The molecule has 0 bridgehead atoms. The zero-order valence-electron chi connectivity index (χ0n) is 19.8. The molecule has 2 heterocycles. The summed E-state index contributed by atoms with van der Waals surface area (Å²) in [6, 6.07) is 16.0. The number of methoxy groups -OCH3 is 1. The zero-order chi connectivity index (χ0) is 23.8. The number of ether oxygens (including phenoxy) is 2. The predicted molar refractivity (Wildman–Crippen MR) is 136 cm³/mol. The van der Waals surface area contributed by atoms with E-state index in [2.05, 4.69) is 22.0 Å². The summed E-state index contributed by atoms with van der Waals surface area (Å²) in [5.41, 5.74) is 3.13. The van der Waals surface area contributed by atoms with Crippen molar-refractivity contribution in [3.05, 3.63) is 81.8 Å². The maximum absolute atomic E-state index is 12.8. The van der Waals surface area contributed by atoms with Gasteiger partial charge in [-0.15, -0.1) is 11.3 Å². The van der Waals surface area contributed by atoms with E-state index in [4.69, 9.17) is 9.47 Å². The van der Waals surface area contributed by atoms with E-state index in [1.807, 2.05) is 59.7 Å². The smallest absolute Gasteiger partial charge is 0.246 e. The van der Waals surface area contributed by atoms with Gasteiger partial charge in [-0.05, 0) is 54.8 Å². The number of benzene rings is 2. The van der Waals surface area contributed by atoms with Gasteiger partial charge in [0.2, 0.25) is 5.91 Å². The molecule has 1 aromatic heterocycles. The molecular formula is C27H31N3O3S. The van der Waals surface area contributed by atoms with Crippen LogP contribution in [0, 0.1) is 6.92 Å². The van der Waals surface area contributed by atoms with Gasteiger partial charge in [-0.1, -0.05) is 24.3 Å². The molecule has 3 aromatic rings. The van der Waals surface area contributed by atoms with Crippen molar-refractivity contribution in [2.75, 3.05) is 33.3 Å². The van der Waals surface area contributed by atoms with Crippen LogP contribution < -0.4 is 9.47 Å². The molecule has 0 saturated carbocycles. The number of rotatable bonds is 8. The highest BCUT2D eigenvalue weighted by atomic mass is 32.1. The van der Waals surface area contributed by atoms with Crippen LogP contribution in [0.5, 0.6) is 11.5 Å². The molecule has 2 aromatic carbocycles. The van der Waals surface area contributed by atoms with E-state index in [0.29, 0.717) is 6.61 Å². The third-order valence-corrected chi connectivity index (χ3v) is 6.62. The van der Waals surface area contributed by atoms with Crippen LogP contribution in [-0.2, 0) is 17.9 Å². The second kappa shape index (κ2) is 11.8. The topological polar surface area (TPSA) is 54.9 Å². The van der Waals surface area contributed by atoms with Crippen molar-refractivity contribution >= 4 is 23.3 Å². The first-order valence-electron chi connectivity index (χ1n) is 11.6. The number of nitrogens with zero attached hydrogens (tertiary/aromatic N) is 3. The molecule has 4 rings (SSSR count). The van der Waals surface area contributed by atoms with Crippen molar-refractivity contribution in [3.63, 3.8) is 0 Å². The number of carbonyl (C=O) groups excluding carboxylic acids is 1. The lowest BCUT2D eigenvalue weighted by Crippen LogP contribution is -2.34. The second-order valence-electron chi connectivity index (χ2n) is 8.36. The van der Waals surface area contributed by atoms with E-state index in [1.54, 1.807) is 24.5 Å². The normalized spacial score (nSPS) is 14.8. The fourth-order valence-electron chi connectivity index (χ4n) is 3.95. The van der Waals surface area contributed by atoms with Gasteiger partial charge in [0, 0.05) is 44.2 Å². The quantitative estimate of drug-likeness (QED) is 0.437. The van der Waals surface area contributed by atoms with Crippen molar-refractivity contribution in [3.8, 4) is 11.5 Å². The molecule has 1 saturated heterocycles. The maximum atomic E-state index is 12.8. The molecule has 0 unspecified atom stereocenters. The molecule has 1 aliphatic heterocycles. The Morgan fingerprint density at radius 2 is 1.94 bits per heavy atom. The van der Waals surface area contributed by atoms with E-state index in [9.17, 15) is 4.79 Å². The summed E-state index contributed by atoms with van der Waals surface area (Å²) in [6.07, 6.45) is 4.50. The lowest BCUT2D eigenvalue weighted by Gasteiger charge is -2.21. The van der Waals surface area contributed by atoms with Gasteiger partial charge in [0.25, 0.3) is 0 Å². The van der Waals surface area contributed by atoms with Crippen LogP contribution in [-0.4, -0.2) is 54.0 Å². The Kier molecular flexibility index (Phi) is 8.33. The number of hydrogen-bond acceptors (Lipinski definition) is 6. The van der Waals surface area contributed by atoms with Gasteiger partial charge in [-0.2, -0.15) is 0 Å². The Hall–Kier alpha value is -3.16. The second-order valence-corrected chi connectivity index (χ2v) is 9.42. The van der Waals surface area contributed by atoms with E-state index < -0.39 is 0 Å². The summed E-state index contributed by atoms with van der Waals surface area (Å²) < 4.78 is 11.1. The highest BCUT2D eigenvalue weighted by molar-refractivity contribution is 7.09. The molecule has 0 radical (unpaired) electrons. The monoisotopic (exact) mass is 477 g/mol. The first kappa shape index (κ1) is 24.0. The largest absolute Gasteiger partial charge is 0.497 e. The fraction of sp³-hybridized carbons (Fsp3) is 0.333. The average Bonchev–Trinajstić information content (AvgIpc) is 3.14. The SMILES string of the molecule is COc1ccc(CN2CCCN(C(=O)/C=C/c3cccc(OCc4csc(C)n4)c3)CC2)cc1. The van der Waals surface area contributed by atoms with Crippen molar-refractivity contribution in [1.29, 1.82) is 0 Å². The minimum atomic E-state index is 0.0515. The zero-order valence-corrected chi connectivity index (χ0v) is 20.6. The van der Waals surface area contributed by atoms with Gasteiger partial charge in [0.05, 0.1) is 17.8 Å². The lowest BCUT2D eigenvalue weighted by atomic mass is 10.2. The number of aryl methyl sites for hydroxylation is 1. The highest BCUT2D eigenvalue weighted by Gasteiger charge is 2.17. The van der Waals surface area contributed by atoms with Crippen molar-refractivity contribution in [2.45, 2.75) is 26.5 Å². The molecule has 7 heteroatoms. The molecule has 0 spiro atoms. The summed E-state index contributed by atoms with van der Waals surface area (Å²) in [6.45, 7) is 6.67. The lowest BCUT2D eigenvalue weighted by molar-refractivity contribution is -0.125. The van der Waals surface area contributed by atoms with Crippen molar-refractivity contribution in [2.24, 2.45) is 0 Å². The minimum absolute atomic E-state index is 0.0515. The third-order valence-electron chi connectivity index (χ3n) is 5.80. The Bertz CT molecular complexity index is 1110. The number of aromatic nitrogens is 1. The van der Waals surface area contributed by atoms with Crippen LogP contribution in [0.1, 0.15) is 28.2 Å². The fourth-order valence-corrected chi connectivity index (χ4v) is 4.55. The van der Waals surface area contributed by atoms with Gasteiger partial charge < -0.3 is 14.4 Å². The van der Waals surface area contributed by atoms with Crippen LogP contribution in [0.4, 0.5) is 0 Å². The Balaban J connectivity index is 1.27. The molecule has 1 amide bonds. The first-order valence-corrected chi connectivity index (χ1v) is 12.4. The number of thiazole rings is 1. The molecule has 1 fully saturated rings. The van der Waals surface area contributed by atoms with Crippen molar-refractivity contribution in [1.82, 2.24) is 14.8 Å². The summed E-state index contributed by atoms with van der Waals surface area (Å²) in [5, 5.41) is 3.04. The number of carbonyl (C=O) groups is 1. The molecular weight excluding hydrogens is 446 g/mol. The predicted octanol–water partition coefficient (Wildman–Crippen LogP) is 4.79. The Morgan fingerprint density at radius 3 is 2.71 bits per heavy atom. The van der Waals surface area contributed by atoms with Crippen LogP contribution in [0.3, 0.4) is 0 Å². The standard InChI is InChI=1S/C27H31N3O3S/c1-21-28-24(20-34-21)19-33-26-6-3-5-22(17-26)9-12-27(31)30-14-4-13-29(15-16-30)18-23-7-10-25(32-2)11-8-23/h3,5-12,17,20H,4,13-16,18-19H2,1-2H3/b12-9+. The molecule has 0 N–H and O–H groups in total. The van der Waals surface area contributed by atoms with Gasteiger partial charge in [0.15, 0.2) is 0 Å². The summed E-state index contributed by atoms with van der Waals surface area (Å²) in [4.78, 5) is 21.6. The third kappa shape index (κ3) is 6.92. The Labute approximate surface area is 205 Å². The first-order chi connectivity index (χ1) is 16.6. The maximum Gasteiger partial charge on any atom is 0.246 e. The van der Waals surface area contributed by atoms with Crippen LogP contribution in [0.25, 0.3) is 6.08 Å². The molecule has 0 atom stereocenters. The average molecular weight is 478 g/mol. The van der Waals surface area contributed by atoms with E-state index >= 15 is 0 Å². The molecule has 6 nitrogen and oxygen atoms in total. The summed E-state index contributed by atoms with van der Waals surface area (Å²) >= 11 is 1.62. The molecule has 0 aliphatic carbocycles. The Morgan fingerprint density at radius 1 is 1.09 bits per heavy atom. The minimum Gasteiger partial charge on any atom is -0.497 e. The molecule has 178 valence electrons. The van der Waals surface area contributed by atoms with Crippen LogP contribution >= 0.6 is 11.3 Å². The summed E-state index contributed by atoms with van der Waals surface area (Å²) in [7, 11) is 1.68. The van der Waals surface area contributed by atoms with E-state index in [0.717, 1.165) is 66.9 Å². The van der Waals surface area contributed by atoms with Crippen molar-refractivity contribution < 1.29 is 14.3 Å². The highest BCUT2D eigenvalue weighted by Crippen LogP contribution is 2.18. The number of hydrogen-bond donors (Lipinski definition) is 0. The van der Waals surface area contributed by atoms with Gasteiger partial charge >= 0.3 is 0 Å². The molecule has 34 heavy (non-hydrogen) atoms. The van der Waals surface area contributed by atoms with Crippen LogP contribution in [0.15, 0.2) is 60.0 Å². The molecule has 1 aliphatic rings. The van der Waals surface area contributed by atoms with Gasteiger partial charge in [-0.3, -0.25) is 9.69 Å². The number of amides is 1. The van der Waals surface area contributed by atoms with Gasteiger partial charge in [0.1, 0.15) is 18.1 Å². The van der Waals surface area contributed by atoms with Gasteiger partial charge in [-0.25, -0.2) is 4.98 Å². The van der Waals surface area contributed by atoms with E-state index in [-0.39, 0.29) is 5.91 Å². The van der Waals surface area contributed by atoms with E-state index in [1.165, 1.54) is 5.56 Å². The summed E-state index contributed by atoms with van der Waals surface area (Å²) in [5.74, 6) is 1.69.